The van der Waals surface area contributed by atoms with E-state index in [1.54, 1.807) is 0 Å². The minimum absolute atomic E-state index is 0.0349. The van der Waals surface area contributed by atoms with Crippen LogP contribution in [0.25, 0.3) is 0 Å². The van der Waals surface area contributed by atoms with Crippen LogP contribution in [0.1, 0.15) is 116 Å². The topological polar surface area (TPSA) is 35.5 Å². The van der Waals surface area contributed by atoms with Crippen molar-refractivity contribution >= 4 is 5.97 Å². The number of rotatable bonds is 9. The molecule has 4 aliphatic rings. The predicted octanol–water partition coefficient (Wildman–Crippen LogP) is 9.27. The number of carbonyl (C=O) groups excluding carboxylic acids is 1. The highest BCUT2D eigenvalue weighted by Gasteiger charge is 2.61. The molecule has 0 saturated heterocycles. The summed E-state index contributed by atoms with van der Waals surface area (Å²) in [5.74, 6) is 4.35. The lowest BCUT2D eigenvalue weighted by Gasteiger charge is -2.60. The zero-order chi connectivity index (χ0) is 27.8. The van der Waals surface area contributed by atoms with E-state index in [-0.39, 0.29) is 23.6 Å². The summed E-state index contributed by atoms with van der Waals surface area (Å²) in [7, 11) is 0. The summed E-state index contributed by atoms with van der Waals surface area (Å²) in [6, 6.07) is 9.45. The van der Waals surface area contributed by atoms with Gasteiger partial charge in [-0.3, -0.25) is 0 Å². The Morgan fingerprint density at radius 3 is 2.46 bits per heavy atom. The van der Waals surface area contributed by atoms with Crippen molar-refractivity contribution in [1.29, 1.82) is 0 Å². The fraction of sp³-hybridized carbons (Fsp3) is 0.750. The molecule has 0 N–H and O–H groups in total. The number of hydrogen-bond acceptors (Lipinski definition) is 3. The molecular formula is C36H54O3. The molecule has 1 aromatic rings. The number of benzene rings is 1. The van der Waals surface area contributed by atoms with Gasteiger partial charge in [0.05, 0.1) is 11.7 Å². The number of esters is 1. The van der Waals surface area contributed by atoms with Gasteiger partial charge in [-0.2, -0.15) is 0 Å². The molecule has 0 bridgehead atoms. The normalized spacial score (nSPS) is 38.4. The average molecular weight is 535 g/mol. The summed E-state index contributed by atoms with van der Waals surface area (Å²) >= 11 is 0. The molecule has 4 aliphatic carbocycles. The monoisotopic (exact) mass is 534 g/mol. The van der Waals surface area contributed by atoms with E-state index < -0.39 is 0 Å². The van der Waals surface area contributed by atoms with Crippen molar-refractivity contribution in [3.8, 4) is 0 Å². The third-order valence-electron chi connectivity index (χ3n) is 11.9. The number of carbonyl (C=O) groups is 1. The van der Waals surface area contributed by atoms with E-state index in [4.69, 9.17) is 9.47 Å². The molecule has 5 rings (SSSR count). The second kappa shape index (κ2) is 11.7. The fourth-order valence-electron chi connectivity index (χ4n) is 9.86. The first kappa shape index (κ1) is 28.9. The van der Waals surface area contributed by atoms with Gasteiger partial charge in [0.2, 0.25) is 0 Å². The first-order valence-electron chi connectivity index (χ1n) is 16.3. The molecule has 1 aromatic carbocycles. The summed E-state index contributed by atoms with van der Waals surface area (Å²) in [5, 5.41) is 0. The van der Waals surface area contributed by atoms with Crippen LogP contribution in [0.5, 0.6) is 0 Å². The van der Waals surface area contributed by atoms with E-state index in [0.29, 0.717) is 22.8 Å². The largest absolute Gasteiger partial charge is 0.458 e. The SMILES string of the molecule is CCO[C@@H]1C=C2C[C@@H](OC(=O)c3ccccc3)CC[C@]2(C)[C@@H]2CC[C@@]3(C)[C@H](CC[C@H]3[C@H](C)CCCC(C)C)[C@H]21. The molecule has 39 heavy (non-hydrogen) atoms. The lowest BCUT2D eigenvalue weighted by atomic mass is 9.46. The quantitative estimate of drug-likeness (QED) is 0.234. The van der Waals surface area contributed by atoms with E-state index >= 15 is 0 Å². The highest BCUT2D eigenvalue weighted by Crippen LogP contribution is 2.67. The number of hydrogen-bond donors (Lipinski definition) is 0. The zero-order valence-electron chi connectivity index (χ0n) is 25.6. The van der Waals surface area contributed by atoms with E-state index in [1.165, 1.54) is 50.5 Å². The standard InChI is InChI=1S/C36H54O3/c1-7-38-32-23-27-22-28(39-34(37)26-14-9-8-10-15-26)18-20-35(27,5)31-19-21-36(6)29(16-17-30(36)33(31)32)25(4)13-11-12-24(2)3/h8-10,14-15,23-25,28-33H,7,11-13,16-22H2,1-6H3/t25-,28+,29+,30-,31-,32-,33-,35+,36-/m1/s1. The molecule has 3 nitrogen and oxygen atoms in total. The molecule has 0 unspecified atom stereocenters. The third kappa shape index (κ3) is 5.51. The van der Waals surface area contributed by atoms with Crippen LogP contribution in [0.15, 0.2) is 42.0 Å². The van der Waals surface area contributed by atoms with Crippen LogP contribution in [0, 0.1) is 46.3 Å². The first-order valence-corrected chi connectivity index (χ1v) is 16.3. The van der Waals surface area contributed by atoms with Crippen molar-refractivity contribution in [2.24, 2.45) is 46.3 Å². The molecule has 9 atom stereocenters. The third-order valence-corrected chi connectivity index (χ3v) is 11.9. The second-order valence-corrected chi connectivity index (χ2v) is 14.5. The Morgan fingerprint density at radius 2 is 1.74 bits per heavy atom. The van der Waals surface area contributed by atoms with Crippen molar-refractivity contribution in [2.45, 2.75) is 118 Å². The van der Waals surface area contributed by atoms with E-state index in [2.05, 4.69) is 47.6 Å². The van der Waals surface area contributed by atoms with Crippen LogP contribution in [0.2, 0.25) is 0 Å². The van der Waals surface area contributed by atoms with Crippen LogP contribution < -0.4 is 0 Å². The van der Waals surface area contributed by atoms with Crippen molar-refractivity contribution in [2.75, 3.05) is 6.61 Å². The molecule has 0 heterocycles. The van der Waals surface area contributed by atoms with Crippen molar-refractivity contribution in [3.05, 3.63) is 47.5 Å². The van der Waals surface area contributed by atoms with E-state index in [0.717, 1.165) is 49.5 Å². The predicted molar refractivity (Wildman–Crippen MR) is 159 cm³/mol. The molecule has 216 valence electrons. The van der Waals surface area contributed by atoms with Gasteiger partial charge in [-0.25, -0.2) is 4.79 Å². The Hall–Kier alpha value is -1.61. The minimum Gasteiger partial charge on any atom is -0.458 e. The van der Waals surface area contributed by atoms with Crippen LogP contribution in [0.3, 0.4) is 0 Å². The molecule has 0 aromatic heterocycles. The highest BCUT2D eigenvalue weighted by atomic mass is 16.5. The first-order chi connectivity index (χ1) is 18.7. The Kier molecular flexibility index (Phi) is 8.68. The summed E-state index contributed by atoms with van der Waals surface area (Å²) in [6.07, 6.45) is 15.2. The second-order valence-electron chi connectivity index (χ2n) is 14.5. The Labute approximate surface area is 238 Å². The molecule has 0 spiro atoms. The van der Waals surface area contributed by atoms with Gasteiger partial charge in [0.25, 0.3) is 0 Å². The van der Waals surface area contributed by atoms with Crippen LogP contribution in [0.4, 0.5) is 0 Å². The van der Waals surface area contributed by atoms with E-state index in [1.807, 2.05) is 30.3 Å². The Bertz CT molecular complexity index is 1010. The molecular weight excluding hydrogens is 480 g/mol. The van der Waals surface area contributed by atoms with Gasteiger partial charge in [0.1, 0.15) is 6.10 Å². The lowest BCUT2D eigenvalue weighted by Crippen LogP contribution is -2.55. The van der Waals surface area contributed by atoms with Crippen molar-refractivity contribution < 1.29 is 14.3 Å². The molecule has 3 fully saturated rings. The summed E-state index contributed by atoms with van der Waals surface area (Å²) in [6.45, 7) is 15.4. The average Bonchev–Trinajstić information content (AvgIpc) is 3.27. The maximum atomic E-state index is 12.8. The van der Waals surface area contributed by atoms with Crippen molar-refractivity contribution in [1.82, 2.24) is 0 Å². The summed E-state index contributed by atoms with van der Waals surface area (Å²) < 4.78 is 12.6. The smallest absolute Gasteiger partial charge is 0.338 e. The molecule has 3 heteroatoms. The van der Waals surface area contributed by atoms with Gasteiger partial charge >= 0.3 is 5.97 Å². The highest BCUT2D eigenvalue weighted by molar-refractivity contribution is 5.89. The fourth-order valence-corrected chi connectivity index (χ4v) is 9.86. The molecule has 3 saturated carbocycles. The van der Waals surface area contributed by atoms with Gasteiger partial charge in [0.15, 0.2) is 0 Å². The van der Waals surface area contributed by atoms with Crippen LogP contribution in [-0.2, 0) is 9.47 Å². The summed E-state index contributed by atoms with van der Waals surface area (Å²) in [5.41, 5.74) is 2.80. The van der Waals surface area contributed by atoms with Crippen LogP contribution in [-0.4, -0.2) is 24.8 Å². The molecule has 0 aliphatic heterocycles. The molecule has 0 radical (unpaired) electrons. The number of ether oxygens (including phenoxy) is 2. The Morgan fingerprint density at radius 1 is 0.974 bits per heavy atom. The maximum Gasteiger partial charge on any atom is 0.338 e. The Balaban J connectivity index is 1.34. The van der Waals surface area contributed by atoms with Crippen LogP contribution >= 0.6 is 0 Å². The van der Waals surface area contributed by atoms with Gasteiger partial charge in [-0.15, -0.1) is 0 Å². The zero-order valence-corrected chi connectivity index (χ0v) is 25.6. The van der Waals surface area contributed by atoms with Crippen molar-refractivity contribution in [3.63, 3.8) is 0 Å². The van der Waals surface area contributed by atoms with Gasteiger partial charge in [-0.1, -0.05) is 83.7 Å². The van der Waals surface area contributed by atoms with Gasteiger partial charge < -0.3 is 9.47 Å². The number of fused-ring (bicyclic) bond motifs is 5. The lowest BCUT2D eigenvalue weighted by molar-refractivity contribution is -0.113. The molecule has 0 amide bonds. The van der Waals surface area contributed by atoms with E-state index in [9.17, 15) is 4.79 Å². The summed E-state index contributed by atoms with van der Waals surface area (Å²) in [4.78, 5) is 12.8. The van der Waals surface area contributed by atoms with Gasteiger partial charge in [-0.05, 0) is 104 Å². The van der Waals surface area contributed by atoms with Gasteiger partial charge in [0, 0.05) is 13.0 Å². The maximum absolute atomic E-state index is 12.8. The minimum atomic E-state index is -0.187.